The molecule has 0 spiro atoms. The van der Waals surface area contributed by atoms with E-state index in [4.69, 9.17) is 8.83 Å². The van der Waals surface area contributed by atoms with Crippen molar-refractivity contribution in [2.24, 2.45) is 0 Å². The fourth-order valence-electron chi connectivity index (χ4n) is 11.1. The maximum absolute atomic E-state index is 7.11. The number of hydrogen-bond acceptors (Lipinski definition) is 4. The minimum Gasteiger partial charge on any atom is -0.469 e. The molecular weight excluding hydrogens is 816 g/mol. The van der Waals surface area contributed by atoms with Gasteiger partial charge in [0.1, 0.15) is 16.7 Å². The quantitative estimate of drug-likeness (QED) is 0.169. The van der Waals surface area contributed by atoms with Crippen LogP contribution in [0.15, 0.2) is 179 Å². The topological polar surface area (TPSA) is 41.6 Å². The number of benzene rings is 8. The van der Waals surface area contributed by atoms with Gasteiger partial charge in [-0.25, -0.2) is 0 Å². The van der Waals surface area contributed by atoms with Crippen LogP contribution in [0.5, 0.6) is 0 Å². The van der Waals surface area contributed by atoms with Crippen molar-refractivity contribution in [1.29, 1.82) is 0 Å². The van der Waals surface area contributed by atoms with Crippen LogP contribution < -0.4 is 21.3 Å². The van der Waals surface area contributed by atoms with E-state index in [-0.39, 0.29) is 16.2 Å². The highest BCUT2D eigenvalue weighted by atomic mass is 16.3. The van der Waals surface area contributed by atoms with E-state index >= 15 is 0 Å². The van der Waals surface area contributed by atoms with Crippen molar-refractivity contribution in [3.8, 4) is 33.4 Å². The van der Waals surface area contributed by atoms with Crippen molar-refractivity contribution >= 4 is 79.7 Å². The maximum Gasteiger partial charge on any atom is 0.245 e. The van der Waals surface area contributed by atoms with E-state index in [1.807, 2.05) is 0 Å². The molecule has 1 aliphatic heterocycles. The molecule has 0 amide bonds. The number of fused-ring (bicyclic) bond motifs is 8. The van der Waals surface area contributed by atoms with Crippen LogP contribution in [0, 0.1) is 0 Å². The van der Waals surface area contributed by atoms with Crippen LogP contribution in [-0.2, 0) is 16.2 Å². The lowest BCUT2D eigenvalue weighted by atomic mass is 9.61. The first kappa shape index (κ1) is 41.2. The molecule has 4 nitrogen and oxygen atoms in total. The number of nitrogens with zero attached hydrogens (tertiary/aromatic N) is 1. The Bertz CT molecular complexity index is 3570. The van der Waals surface area contributed by atoms with Crippen LogP contribution in [0.2, 0.25) is 0 Å². The van der Waals surface area contributed by atoms with Gasteiger partial charge in [-0.15, -0.1) is 0 Å². The molecule has 67 heavy (non-hydrogen) atoms. The fourth-order valence-corrected chi connectivity index (χ4v) is 11.1. The summed E-state index contributed by atoms with van der Waals surface area (Å²) in [6.07, 6.45) is 2.32. The van der Waals surface area contributed by atoms with Crippen molar-refractivity contribution in [2.75, 3.05) is 10.2 Å². The number of rotatable bonds is 6. The summed E-state index contributed by atoms with van der Waals surface area (Å²) in [5.74, 6) is 0. The van der Waals surface area contributed by atoms with Crippen LogP contribution in [-0.4, -0.2) is 7.28 Å². The molecule has 3 heterocycles. The van der Waals surface area contributed by atoms with Gasteiger partial charge in [0.25, 0.3) is 0 Å². The molecule has 0 saturated heterocycles. The first-order valence-electron chi connectivity index (χ1n) is 23.9. The summed E-state index contributed by atoms with van der Waals surface area (Å²) in [6, 6.07) is 62.0. The number of para-hydroxylation sites is 2. The predicted octanol–water partition coefficient (Wildman–Crippen LogP) is 15.9. The molecule has 2 aromatic heterocycles. The SMILES string of the molecule is CC(C)(C)c1ccc(N2c3cc4c(oc5ccccc54)c(-c4ccc(-c5ccccc5)cc4Nc4ccc5c(c4)C(C)(C)CCC5(C)C)c3Bc3oc4ccccc4c32)c(-c2ccccc2)c1. The minimum absolute atomic E-state index is 0.0519. The Labute approximate surface area is 394 Å². The first-order chi connectivity index (χ1) is 32.3. The summed E-state index contributed by atoms with van der Waals surface area (Å²) in [4.78, 5) is 2.50. The van der Waals surface area contributed by atoms with Gasteiger partial charge in [0.05, 0.1) is 17.0 Å². The molecule has 0 radical (unpaired) electrons. The van der Waals surface area contributed by atoms with Gasteiger partial charge in [0, 0.05) is 49.9 Å². The Balaban J connectivity index is 1.16. The lowest BCUT2D eigenvalue weighted by Gasteiger charge is -2.42. The fraction of sp³-hybridized carbons (Fsp3) is 0.194. The second-order valence-corrected chi connectivity index (χ2v) is 21.2. The van der Waals surface area contributed by atoms with Crippen LogP contribution in [0.4, 0.5) is 28.4 Å². The molecular formula is C62H55BN2O2. The molecule has 0 bridgehead atoms. The standard InChI is InChI=1S/C62H55BN2O2/c1-60(2,3)41-27-31-51(46(35-41)39-20-12-9-13-21-39)65-52-37-47-43-22-14-16-24-53(43)66-58(47)55(56(52)63-59-57(65)45-23-15-17-25-54(45)67-59)44-29-26-40(38-18-10-8-11-19-38)34-50(44)64-42-28-30-48-49(36-42)62(6,7)33-32-61(48,4)5/h8-31,34-37,63-64H,32-33H2,1-7H3. The Hall–Kier alpha value is -7.24. The molecule has 0 unspecified atom stereocenters. The van der Waals surface area contributed by atoms with Gasteiger partial charge in [-0.05, 0) is 123 Å². The van der Waals surface area contributed by atoms with Gasteiger partial charge in [0.15, 0.2) is 0 Å². The lowest BCUT2D eigenvalue weighted by Crippen LogP contribution is -2.40. The maximum atomic E-state index is 7.11. The molecule has 12 rings (SSSR count). The summed E-state index contributed by atoms with van der Waals surface area (Å²) in [5, 5.41) is 7.32. The van der Waals surface area contributed by atoms with Gasteiger partial charge in [-0.3, -0.25) is 0 Å². The summed E-state index contributed by atoms with van der Waals surface area (Å²) >= 11 is 0. The lowest BCUT2D eigenvalue weighted by molar-refractivity contribution is 0.332. The van der Waals surface area contributed by atoms with Crippen molar-refractivity contribution in [3.05, 3.63) is 187 Å². The monoisotopic (exact) mass is 870 g/mol. The third-order valence-electron chi connectivity index (χ3n) is 14.9. The summed E-state index contributed by atoms with van der Waals surface area (Å²) in [7, 11) is 0.584. The third kappa shape index (κ3) is 6.81. The molecule has 5 heteroatoms. The summed E-state index contributed by atoms with van der Waals surface area (Å²) < 4.78 is 14.1. The molecule has 0 saturated carbocycles. The highest BCUT2D eigenvalue weighted by Crippen LogP contribution is 2.51. The second-order valence-electron chi connectivity index (χ2n) is 21.2. The zero-order valence-electron chi connectivity index (χ0n) is 39.6. The van der Waals surface area contributed by atoms with E-state index in [9.17, 15) is 0 Å². The highest BCUT2D eigenvalue weighted by Gasteiger charge is 2.38. The summed E-state index contributed by atoms with van der Waals surface area (Å²) in [6.45, 7) is 16.5. The second kappa shape index (κ2) is 15.2. The van der Waals surface area contributed by atoms with Gasteiger partial charge in [-0.1, -0.05) is 164 Å². The normalized spacial score (nSPS) is 15.0. The molecule has 1 N–H and O–H groups in total. The molecule has 1 aliphatic carbocycles. The smallest absolute Gasteiger partial charge is 0.245 e. The molecule has 0 fully saturated rings. The average molecular weight is 871 g/mol. The van der Waals surface area contributed by atoms with Crippen LogP contribution in [0.1, 0.15) is 78.0 Å². The molecule has 8 aromatic carbocycles. The van der Waals surface area contributed by atoms with E-state index in [1.54, 1.807) is 0 Å². The Kier molecular flexibility index (Phi) is 9.32. The Morgan fingerprint density at radius 2 is 1.19 bits per heavy atom. The van der Waals surface area contributed by atoms with Crippen molar-refractivity contribution in [3.63, 3.8) is 0 Å². The van der Waals surface area contributed by atoms with E-state index < -0.39 is 0 Å². The average Bonchev–Trinajstić information content (AvgIpc) is 3.90. The van der Waals surface area contributed by atoms with Crippen LogP contribution >= 0.6 is 0 Å². The highest BCUT2D eigenvalue weighted by molar-refractivity contribution is 6.73. The number of nitrogens with one attached hydrogen (secondary N) is 1. The molecule has 10 aromatic rings. The number of hydrogen-bond donors (Lipinski definition) is 1. The molecule has 2 aliphatic rings. The van der Waals surface area contributed by atoms with Crippen molar-refractivity contribution in [2.45, 2.75) is 77.6 Å². The predicted molar refractivity (Wildman–Crippen MR) is 285 cm³/mol. The molecule has 0 atom stereocenters. The van der Waals surface area contributed by atoms with E-state index in [0.29, 0.717) is 7.28 Å². The molecule has 328 valence electrons. The Morgan fingerprint density at radius 3 is 1.93 bits per heavy atom. The number of furan rings is 2. The minimum atomic E-state index is -0.0519. The van der Waals surface area contributed by atoms with E-state index in [2.05, 4.69) is 229 Å². The zero-order valence-corrected chi connectivity index (χ0v) is 39.6. The van der Waals surface area contributed by atoms with Crippen LogP contribution in [0.25, 0.3) is 66.3 Å². The van der Waals surface area contributed by atoms with E-state index in [1.165, 1.54) is 39.8 Å². The van der Waals surface area contributed by atoms with Gasteiger partial charge < -0.3 is 19.1 Å². The van der Waals surface area contributed by atoms with Crippen molar-refractivity contribution in [1.82, 2.24) is 0 Å². The summed E-state index contributed by atoms with van der Waals surface area (Å²) in [5.41, 5.74) is 21.2. The van der Waals surface area contributed by atoms with Crippen molar-refractivity contribution < 1.29 is 8.83 Å². The zero-order chi connectivity index (χ0) is 45.8. The van der Waals surface area contributed by atoms with Gasteiger partial charge >= 0.3 is 0 Å². The van der Waals surface area contributed by atoms with Crippen LogP contribution in [0.3, 0.4) is 0 Å². The van der Waals surface area contributed by atoms with Gasteiger partial charge in [-0.2, -0.15) is 0 Å². The van der Waals surface area contributed by atoms with Gasteiger partial charge in [0.2, 0.25) is 7.28 Å². The Morgan fingerprint density at radius 1 is 0.537 bits per heavy atom. The first-order valence-corrected chi connectivity index (χ1v) is 23.9. The largest absolute Gasteiger partial charge is 0.469 e. The third-order valence-corrected chi connectivity index (χ3v) is 14.9. The number of anilines is 5. The van der Waals surface area contributed by atoms with E-state index in [0.717, 1.165) is 95.6 Å².